The number of hydrogen-bond donors (Lipinski definition) is 2. The van der Waals surface area contributed by atoms with Crippen molar-refractivity contribution in [3.8, 4) is 0 Å². The lowest BCUT2D eigenvalue weighted by atomic mass is 10.1. The van der Waals surface area contributed by atoms with E-state index in [4.69, 9.17) is 5.11 Å². The van der Waals surface area contributed by atoms with E-state index in [1.165, 1.54) is 0 Å². The van der Waals surface area contributed by atoms with Crippen LogP contribution < -0.4 is 5.32 Å². The van der Waals surface area contributed by atoms with Gasteiger partial charge in [0.05, 0.1) is 5.56 Å². The Labute approximate surface area is 110 Å². The van der Waals surface area contributed by atoms with Gasteiger partial charge in [-0.2, -0.15) is 13.2 Å². The predicted molar refractivity (Wildman–Crippen MR) is 60.8 cm³/mol. The molecule has 108 valence electrons. The lowest BCUT2D eigenvalue weighted by molar-refractivity contribution is -0.140. The van der Waals surface area contributed by atoms with E-state index in [2.05, 4.69) is 0 Å². The first kappa shape index (κ1) is 15.7. The number of carbonyl (C=O) groups excluding carboxylic acids is 1. The number of carbonyl (C=O) groups is 2. The van der Waals surface area contributed by atoms with Crippen LogP contribution in [-0.2, 0) is 15.8 Å². The molecule has 4 nitrogen and oxygen atoms in total. The molecule has 1 aromatic carbocycles. The minimum atomic E-state index is -4.90. The molecule has 0 bridgehead atoms. The Kier molecular flexibility index (Phi) is 4.49. The third-order valence-corrected chi connectivity index (χ3v) is 2.15. The monoisotopic (exact) mass is 291 g/mol. The highest BCUT2D eigenvalue weighted by Gasteiger charge is 2.34. The molecule has 0 aliphatic heterocycles. The van der Waals surface area contributed by atoms with Gasteiger partial charge >= 0.3 is 12.1 Å². The molecule has 0 aliphatic carbocycles. The van der Waals surface area contributed by atoms with E-state index in [0.717, 1.165) is 19.1 Å². The van der Waals surface area contributed by atoms with Gasteiger partial charge in [0.1, 0.15) is 11.5 Å². The third kappa shape index (κ3) is 4.08. The van der Waals surface area contributed by atoms with Crippen LogP contribution >= 0.6 is 0 Å². The summed E-state index contributed by atoms with van der Waals surface area (Å²) in [5.74, 6) is -3.69. The van der Waals surface area contributed by atoms with Crippen molar-refractivity contribution in [1.82, 2.24) is 5.32 Å². The summed E-state index contributed by atoms with van der Waals surface area (Å²) in [7, 11) is 0. The van der Waals surface area contributed by atoms with Crippen LogP contribution in [0.25, 0.3) is 6.08 Å². The van der Waals surface area contributed by atoms with Crippen LogP contribution in [0.2, 0.25) is 0 Å². The van der Waals surface area contributed by atoms with Gasteiger partial charge in [0.15, 0.2) is 0 Å². The topological polar surface area (TPSA) is 66.4 Å². The molecule has 1 rings (SSSR count). The van der Waals surface area contributed by atoms with Crippen LogP contribution in [0.5, 0.6) is 0 Å². The van der Waals surface area contributed by atoms with Crippen LogP contribution in [-0.4, -0.2) is 17.0 Å². The summed E-state index contributed by atoms with van der Waals surface area (Å²) in [6.07, 6.45) is -4.09. The van der Waals surface area contributed by atoms with E-state index in [9.17, 15) is 27.2 Å². The number of carboxylic acid groups (broad SMARTS) is 1. The molecule has 0 aliphatic rings. The zero-order valence-electron chi connectivity index (χ0n) is 10.1. The summed E-state index contributed by atoms with van der Waals surface area (Å²) >= 11 is 0. The number of rotatable bonds is 3. The highest BCUT2D eigenvalue weighted by Crippen LogP contribution is 2.32. The number of aliphatic carboxylic acids is 1. The van der Waals surface area contributed by atoms with Crippen LogP contribution in [0.3, 0.4) is 0 Å². The predicted octanol–water partition coefficient (Wildman–Crippen LogP) is 2.41. The molecule has 1 amide bonds. The minimum Gasteiger partial charge on any atom is -0.477 e. The Balaban J connectivity index is 3.26. The molecule has 0 unspecified atom stereocenters. The number of amides is 1. The maximum Gasteiger partial charge on any atom is 0.419 e. The lowest BCUT2D eigenvalue weighted by Crippen LogP contribution is -2.24. The van der Waals surface area contributed by atoms with Crippen LogP contribution in [0.4, 0.5) is 17.6 Å². The van der Waals surface area contributed by atoms with E-state index < -0.39 is 35.1 Å². The third-order valence-electron chi connectivity index (χ3n) is 2.15. The Bertz CT molecular complexity index is 579. The molecular formula is C12H9F4NO3. The highest BCUT2D eigenvalue weighted by molar-refractivity contribution is 5.96. The molecular weight excluding hydrogens is 282 g/mol. The summed E-state index contributed by atoms with van der Waals surface area (Å²) in [5.41, 5.74) is -2.33. The standard InChI is InChI=1S/C12H9F4NO3/c1-6(18)17-10(11(19)20)5-7-2-3-9(13)8(4-7)12(14,15)16/h2-5H,1H3,(H,17,18)(H,19,20)/b10-5+. The van der Waals surface area contributed by atoms with Crippen molar-refractivity contribution < 1.29 is 32.3 Å². The van der Waals surface area contributed by atoms with Crippen LogP contribution in [0.1, 0.15) is 18.1 Å². The molecule has 0 spiro atoms. The lowest BCUT2D eigenvalue weighted by Gasteiger charge is -2.09. The average molecular weight is 291 g/mol. The second kappa shape index (κ2) is 5.72. The van der Waals surface area contributed by atoms with Crippen molar-refractivity contribution in [2.24, 2.45) is 0 Å². The molecule has 0 aromatic heterocycles. The number of alkyl halides is 3. The van der Waals surface area contributed by atoms with Gasteiger partial charge in [-0.25, -0.2) is 9.18 Å². The smallest absolute Gasteiger partial charge is 0.419 e. The fraction of sp³-hybridized carbons (Fsp3) is 0.167. The van der Waals surface area contributed by atoms with E-state index in [1.54, 1.807) is 0 Å². The van der Waals surface area contributed by atoms with Gasteiger partial charge in [-0.1, -0.05) is 6.07 Å². The molecule has 0 saturated heterocycles. The van der Waals surface area contributed by atoms with Gasteiger partial charge in [0.2, 0.25) is 5.91 Å². The van der Waals surface area contributed by atoms with Gasteiger partial charge < -0.3 is 10.4 Å². The largest absolute Gasteiger partial charge is 0.477 e. The van der Waals surface area contributed by atoms with E-state index in [-0.39, 0.29) is 5.56 Å². The van der Waals surface area contributed by atoms with E-state index in [1.807, 2.05) is 5.32 Å². The number of nitrogens with one attached hydrogen (secondary N) is 1. The van der Waals surface area contributed by atoms with Crippen molar-refractivity contribution in [3.63, 3.8) is 0 Å². The van der Waals surface area contributed by atoms with Gasteiger partial charge in [0, 0.05) is 6.92 Å². The maximum atomic E-state index is 13.0. The molecule has 1 aromatic rings. The van der Waals surface area contributed by atoms with Gasteiger partial charge in [-0.3, -0.25) is 4.79 Å². The summed E-state index contributed by atoms with van der Waals surface area (Å²) in [6, 6.07) is 2.00. The van der Waals surface area contributed by atoms with Crippen molar-refractivity contribution in [3.05, 3.63) is 40.8 Å². The summed E-state index contributed by atoms with van der Waals surface area (Å²) in [4.78, 5) is 21.6. The SMILES string of the molecule is CC(=O)N/C(=C/c1ccc(F)c(C(F)(F)F)c1)C(=O)O. The molecule has 2 N–H and O–H groups in total. The normalized spacial score (nSPS) is 12.2. The molecule has 8 heteroatoms. The Morgan fingerprint density at radius 1 is 1.30 bits per heavy atom. The minimum absolute atomic E-state index is 0.204. The Morgan fingerprint density at radius 2 is 1.90 bits per heavy atom. The second-order valence-corrected chi connectivity index (χ2v) is 3.78. The highest BCUT2D eigenvalue weighted by atomic mass is 19.4. The number of halogens is 4. The van der Waals surface area contributed by atoms with Crippen molar-refractivity contribution >= 4 is 18.0 Å². The quantitative estimate of drug-likeness (QED) is 0.664. The van der Waals surface area contributed by atoms with Crippen molar-refractivity contribution in [2.45, 2.75) is 13.1 Å². The first-order valence-electron chi connectivity index (χ1n) is 5.20. The van der Waals surface area contributed by atoms with Crippen LogP contribution in [0.15, 0.2) is 23.9 Å². The molecule has 0 heterocycles. The fourth-order valence-corrected chi connectivity index (χ4v) is 1.36. The zero-order valence-corrected chi connectivity index (χ0v) is 10.1. The first-order valence-corrected chi connectivity index (χ1v) is 5.20. The molecule has 0 atom stereocenters. The average Bonchev–Trinajstić information content (AvgIpc) is 2.28. The Hall–Kier alpha value is -2.38. The summed E-state index contributed by atoms with van der Waals surface area (Å²) in [6.45, 7) is 1.04. The van der Waals surface area contributed by atoms with Gasteiger partial charge in [-0.15, -0.1) is 0 Å². The first-order chi connectivity index (χ1) is 9.11. The Morgan fingerprint density at radius 3 is 2.35 bits per heavy atom. The van der Waals surface area contributed by atoms with Gasteiger partial charge in [0.25, 0.3) is 0 Å². The maximum absolute atomic E-state index is 13.0. The number of hydrogen-bond acceptors (Lipinski definition) is 2. The van der Waals surface area contributed by atoms with E-state index >= 15 is 0 Å². The van der Waals surface area contributed by atoms with Crippen LogP contribution in [0, 0.1) is 5.82 Å². The number of carboxylic acids is 1. The van der Waals surface area contributed by atoms with Crippen molar-refractivity contribution in [2.75, 3.05) is 0 Å². The second-order valence-electron chi connectivity index (χ2n) is 3.78. The zero-order chi connectivity index (χ0) is 15.5. The fourth-order valence-electron chi connectivity index (χ4n) is 1.36. The van der Waals surface area contributed by atoms with E-state index in [0.29, 0.717) is 12.1 Å². The summed E-state index contributed by atoms with van der Waals surface area (Å²) < 4.78 is 50.5. The molecule has 0 radical (unpaired) electrons. The molecule has 0 fully saturated rings. The summed E-state index contributed by atoms with van der Waals surface area (Å²) in [5, 5.41) is 10.7. The number of benzene rings is 1. The molecule has 20 heavy (non-hydrogen) atoms. The van der Waals surface area contributed by atoms with Gasteiger partial charge in [-0.05, 0) is 23.8 Å². The molecule has 0 saturated carbocycles. The van der Waals surface area contributed by atoms with Crippen molar-refractivity contribution in [1.29, 1.82) is 0 Å².